The monoisotopic (exact) mass is 251 g/mol. The van der Waals surface area contributed by atoms with E-state index in [9.17, 15) is 4.79 Å². The number of rotatable bonds is 7. The zero-order valence-corrected chi connectivity index (χ0v) is 11.4. The highest BCUT2D eigenvalue weighted by atomic mass is 16.5. The van der Waals surface area contributed by atoms with Crippen molar-refractivity contribution in [2.24, 2.45) is 0 Å². The molecule has 0 aliphatic carbocycles. The van der Waals surface area contributed by atoms with Crippen molar-refractivity contribution >= 4 is 5.91 Å². The average Bonchev–Trinajstić information content (AvgIpc) is 2.41. The Kier molecular flexibility index (Phi) is 8.23. The van der Waals surface area contributed by atoms with E-state index in [0.717, 1.165) is 25.9 Å². The standard InChI is InChI=1S/C15H25NO2/c1-2-3-4-5-6-7-11-15(17)16-13-14-10-8-9-12-18-14/h5-7,11,14H,2-4,8-10,12-13H2,1H3,(H,16,17)/b6-5+,11-7+. The average molecular weight is 251 g/mol. The predicted octanol–water partition coefficient (Wildman–Crippen LogP) is 2.97. The molecule has 1 N–H and O–H groups in total. The van der Waals surface area contributed by atoms with Gasteiger partial charge in [0.25, 0.3) is 0 Å². The van der Waals surface area contributed by atoms with Gasteiger partial charge in [-0.1, -0.05) is 38.0 Å². The molecule has 1 heterocycles. The number of carbonyl (C=O) groups is 1. The maximum atomic E-state index is 11.5. The normalized spacial score (nSPS) is 20.6. The molecule has 102 valence electrons. The van der Waals surface area contributed by atoms with Gasteiger partial charge in [-0.05, 0) is 25.7 Å². The van der Waals surface area contributed by atoms with E-state index in [2.05, 4.69) is 18.3 Å². The summed E-state index contributed by atoms with van der Waals surface area (Å²) in [6.07, 6.45) is 14.5. The number of amides is 1. The number of nitrogens with one attached hydrogen (secondary N) is 1. The van der Waals surface area contributed by atoms with Gasteiger partial charge in [0.1, 0.15) is 0 Å². The second-order valence-electron chi connectivity index (χ2n) is 4.66. The van der Waals surface area contributed by atoms with E-state index in [0.29, 0.717) is 6.54 Å². The summed E-state index contributed by atoms with van der Waals surface area (Å²) in [5, 5.41) is 2.87. The first kappa shape index (κ1) is 15.0. The summed E-state index contributed by atoms with van der Waals surface area (Å²) in [6.45, 7) is 3.63. The first-order valence-electron chi connectivity index (χ1n) is 7.05. The zero-order valence-electron chi connectivity index (χ0n) is 11.4. The molecule has 1 unspecified atom stereocenters. The maximum absolute atomic E-state index is 11.5. The second kappa shape index (κ2) is 9.89. The van der Waals surface area contributed by atoms with E-state index < -0.39 is 0 Å². The molecule has 3 heteroatoms. The van der Waals surface area contributed by atoms with Gasteiger partial charge in [0.05, 0.1) is 6.10 Å². The summed E-state index contributed by atoms with van der Waals surface area (Å²) in [5.41, 5.74) is 0. The summed E-state index contributed by atoms with van der Waals surface area (Å²) in [7, 11) is 0. The van der Waals surface area contributed by atoms with Gasteiger partial charge in [0, 0.05) is 19.2 Å². The third-order valence-electron chi connectivity index (χ3n) is 3.00. The Balaban J connectivity index is 2.08. The van der Waals surface area contributed by atoms with Gasteiger partial charge in [-0.3, -0.25) is 4.79 Å². The topological polar surface area (TPSA) is 38.3 Å². The lowest BCUT2D eigenvalue weighted by Gasteiger charge is -2.22. The Morgan fingerprint density at radius 1 is 1.39 bits per heavy atom. The van der Waals surface area contributed by atoms with Crippen LogP contribution in [0.25, 0.3) is 0 Å². The third-order valence-corrected chi connectivity index (χ3v) is 3.00. The quantitative estimate of drug-likeness (QED) is 0.429. The summed E-state index contributed by atoms with van der Waals surface area (Å²) in [5.74, 6) is -0.0377. The van der Waals surface area contributed by atoms with Crippen LogP contribution in [0, 0.1) is 0 Å². The van der Waals surface area contributed by atoms with Crippen molar-refractivity contribution in [2.45, 2.75) is 51.6 Å². The molecule has 0 aromatic carbocycles. The van der Waals surface area contributed by atoms with Crippen molar-refractivity contribution in [3.05, 3.63) is 24.3 Å². The van der Waals surface area contributed by atoms with Crippen LogP contribution in [-0.2, 0) is 9.53 Å². The van der Waals surface area contributed by atoms with Gasteiger partial charge in [0.15, 0.2) is 0 Å². The van der Waals surface area contributed by atoms with Gasteiger partial charge in [0.2, 0.25) is 5.91 Å². The molecule has 0 bridgehead atoms. The first-order valence-corrected chi connectivity index (χ1v) is 7.05. The molecule has 1 rings (SSSR count). The van der Waals surface area contributed by atoms with Crippen LogP contribution in [0.4, 0.5) is 0 Å². The lowest BCUT2D eigenvalue weighted by atomic mass is 10.1. The largest absolute Gasteiger partial charge is 0.376 e. The Hall–Kier alpha value is -1.09. The van der Waals surface area contributed by atoms with E-state index in [1.807, 2.05) is 6.08 Å². The fraction of sp³-hybridized carbons (Fsp3) is 0.667. The number of hydrogen-bond acceptors (Lipinski definition) is 2. The Morgan fingerprint density at radius 3 is 3.00 bits per heavy atom. The molecule has 18 heavy (non-hydrogen) atoms. The maximum Gasteiger partial charge on any atom is 0.244 e. The van der Waals surface area contributed by atoms with Gasteiger partial charge in [-0.15, -0.1) is 0 Å². The molecule has 0 aromatic rings. The summed E-state index contributed by atoms with van der Waals surface area (Å²) in [6, 6.07) is 0. The molecular formula is C15H25NO2. The number of allylic oxidation sites excluding steroid dienone is 3. The van der Waals surface area contributed by atoms with Gasteiger partial charge in [-0.2, -0.15) is 0 Å². The number of unbranched alkanes of at least 4 members (excludes halogenated alkanes) is 2. The molecule has 0 aromatic heterocycles. The smallest absolute Gasteiger partial charge is 0.244 e. The lowest BCUT2D eigenvalue weighted by molar-refractivity contribution is -0.117. The lowest BCUT2D eigenvalue weighted by Crippen LogP contribution is -2.34. The Bertz CT molecular complexity index is 278. The van der Waals surface area contributed by atoms with Gasteiger partial charge >= 0.3 is 0 Å². The molecule has 0 radical (unpaired) electrons. The van der Waals surface area contributed by atoms with Crippen LogP contribution < -0.4 is 5.32 Å². The predicted molar refractivity (Wildman–Crippen MR) is 74.4 cm³/mol. The minimum absolute atomic E-state index is 0.0377. The number of carbonyl (C=O) groups excluding carboxylic acids is 1. The molecule has 1 saturated heterocycles. The molecule has 1 amide bonds. The van der Waals surface area contributed by atoms with Gasteiger partial charge < -0.3 is 10.1 Å². The molecule has 0 saturated carbocycles. The molecule has 1 fully saturated rings. The number of hydrogen-bond donors (Lipinski definition) is 1. The van der Waals surface area contributed by atoms with Crippen molar-refractivity contribution in [1.82, 2.24) is 5.32 Å². The van der Waals surface area contributed by atoms with E-state index in [1.165, 1.54) is 19.3 Å². The molecule has 0 spiro atoms. The fourth-order valence-corrected chi connectivity index (χ4v) is 1.88. The van der Waals surface area contributed by atoms with Crippen LogP contribution in [0.15, 0.2) is 24.3 Å². The highest BCUT2D eigenvalue weighted by Gasteiger charge is 2.13. The molecule has 1 aliphatic heterocycles. The van der Waals surface area contributed by atoms with E-state index in [-0.39, 0.29) is 12.0 Å². The van der Waals surface area contributed by atoms with Crippen LogP contribution in [0.2, 0.25) is 0 Å². The van der Waals surface area contributed by atoms with E-state index in [4.69, 9.17) is 4.74 Å². The minimum atomic E-state index is -0.0377. The molecule has 1 aliphatic rings. The van der Waals surface area contributed by atoms with E-state index in [1.54, 1.807) is 12.2 Å². The second-order valence-corrected chi connectivity index (χ2v) is 4.66. The zero-order chi connectivity index (χ0) is 13.1. The van der Waals surface area contributed by atoms with Crippen LogP contribution in [0.1, 0.15) is 45.4 Å². The highest BCUT2D eigenvalue weighted by Crippen LogP contribution is 2.11. The number of ether oxygens (including phenoxy) is 1. The first-order chi connectivity index (χ1) is 8.83. The summed E-state index contributed by atoms with van der Waals surface area (Å²) in [4.78, 5) is 11.5. The fourth-order valence-electron chi connectivity index (χ4n) is 1.88. The third kappa shape index (κ3) is 7.28. The SMILES string of the molecule is CCCC/C=C/C=C/C(=O)NCC1CCCCO1. The molecule has 3 nitrogen and oxygen atoms in total. The summed E-state index contributed by atoms with van der Waals surface area (Å²) < 4.78 is 5.55. The van der Waals surface area contributed by atoms with Crippen molar-refractivity contribution in [3.8, 4) is 0 Å². The van der Waals surface area contributed by atoms with Crippen LogP contribution in [-0.4, -0.2) is 25.2 Å². The minimum Gasteiger partial charge on any atom is -0.376 e. The molecule has 1 atom stereocenters. The van der Waals surface area contributed by atoms with Gasteiger partial charge in [-0.25, -0.2) is 0 Å². The van der Waals surface area contributed by atoms with E-state index >= 15 is 0 Å². The van der Waals surface area contributed by atoms with Crippen molar-refractivity contribution in [1.29, 1.82) is 0 Å². The molecular weight excluding hydrogens is 226 g/mol. The Labute approximate surface area is 110 Å². The summed E-state index contributed by atoms with van der Waals surface area (Å²) >= 11 is 0. The van der Waals surface area contributed by atoms with Crippen molar-refractivity contribution in [3.63, 3.8) is 0 Å². The van der Waals surface area contributed by atoms with Crippen molar-refractivity contribution in [2.75, 3.05) is 13.2 Å². The van der Waals surface area contributed by atoms with Crippen LogP contribution in [0.5, 0.6) is 0 Å². The van der Waals surface area contributed by atoms with Crippen molar-refractivity contribution < 1.29 is 9.53 Å². The Morgan fingerprint density at radius 2 is 2.28 bits per heavy atom. The van der Waals surface area contributed by atoms with Crippen LogP contribution in [0.3, 0.4) is 0 Å². The van der Waals surface area contributed by atoms with Crippen LogP contribution >= 0.6 is 0 Å². The highest BCUT2D eigenvalue weighted by molar-refractivity contribution is 5.87.